The lowest BCUT2D eigenvalue weighted by Gasteiger charge is -2.40. The molecule has 2 rings (SSSR count). The Bertz CT molecular complexity index is 142. The summed E-state index contributed by atoms with van der Waals surface area (Å²) in [5.41, 5.74) is 0. The topological polar surface area (TPSA) is 0 Å². The van der Waals surface area contributed by atoms with Crippen LogP contribution >= 0.6 is 22.6 Å². The molecule has 1 saturated carbocycles. The molecule has 1 heterocycles. The third kappa shape index (κ3) is 1.99. The smallest absolute Gasteiger partial charge is 0.0861 e. The van der Waals surface area contributed by atoms with E-state index in [0.29, 0.717) is 0 Å². The Morgan fingerprint density at radius 3 is 2.25 bits per heavy atom. The van der Waals surface area contributed by atoms with Crippen molar-refractivity contribution >= 4 is 29.3 Å². The van der Waals surface area contributed by atoms with E-state index in [-0.39, 0.29) is 0 Å². The van der Waals surface area contributed by atoms with Crippen LogP contribution in [0.4, 0.5) is 0 Å². The molecule has 2 heteroatoms. The lowest BCUT2D eigenvalue weighted by atomic mass is 9.37. The second-order valence-electron chi connectivity index (χ2n) is 5.04. The summed E-state index contributed by atoms with van der Waals surface area (Å²) in [4.78, 5) is 0. The summed E-state index contributed by atoms with van der Waals surface area (Å²) >= 11 is 2.57. The van der Waals surface area contributed by atoms with Crippen LogP contribution in [0.5, 0.6) is 0 Å². The second kappa shape index (κ2) is 3.89. The van der Waals surface area contributed by atoms with Gasteiger partial charge in [-0.2, -0.15) is 0 Å². The van der Waals surface area contributed by atoms with E-state index in [9.17, 15) is 0 Å². The molecule has 2 aliphatic rings. The van der Waals surface area contributed by atoms with E-state index in [4.69, 9.17) is 0 Å². The highest BCUT2D eigenvalue weighted by Crippen LogP contribution is 2.43. The molecular formula is C10H18BI. The standard InChI is InChI=1S/C10H18BI/c1-11-5-8-2-9(6-11)4-10(3-8)7-12/h8-10H,2-7H2,1H3. The summed E-state index contributed by atoms with van der Waals surface area (Å²) in [6.45, 7) is 3.48. The van der Waals surface area contributed by atoms with Crippen LogP contribution in [0.3, 0.4) is 0 Å². The molecule has 1 aliphatic carbocycles. The average molecular weight is 276 g/mol. The molecule has 2 unspecified atom stereocenters. The Labute approximate surface area is 90.1 Å². The Hall–Kier alpha value is 0.795. The van der Waals surface area contributed by atoms with Crippen molar-refractivity contribution in [3.05, 3.63) is 0 Å². The van der Waals surface area contributed by atoms with Crippen LogP contribution in [-0.2, 0) is 0 Å². The highest BCUT2D eigenvalue weighted by atomic mass is 127. The molecule has 0 nitrogen and oxygen atoms in total. The minimum atomic E-state index is 1.03. The van der Waals surface area contributed by atoms with Crippen molar-refractivity contribution in [2.75, 3.05) is 4.43 Å². The maximum atomic E-state index is 2.57. The molecule has 2 bridgehead atoms. The number of hydrogen-bond donors (Lipinski definition) is 0. The van der Waals surface area contributed by atoms with Gasteiger partial charge in [-0.1, -0.05) is 42.1 Å². The van der Waals surface area contributed by atoms with Gasteiger partial charge >= 0.3 is 0 Å². The minimum Gasteiger partial charge on any atom is -0.0861 e. The lowest BCUT2D eigenvalue weighted by molar-refractivity contribution is 0.224. The van der Waals surface area contributed by atoms with E-state index < -0.39 is 0 Å². The van der Waals surface area contributed by atoms with Gasteiger partial charge in [-0.25, -0.2) is 0 Å². The van der Waals surface area contributed by atoms with E-state index in [1.54, 1.807) is 19.3 Å². The quantitative estimate of drug-likeness (QED) is 0.390. The fraction of sp³-hybridized carbons (Fsp3) is 1.00. The van der Waals surface area contributed by atoms with Gasteiger partial charge in [-0.3, -0.25) is 0 Å². The molecule has 0 aromatic heterocycles. The molecule has 68 valence electrons. The molecule has 0 aromatic rings. The summed E-state index contributed by atoms with van der Waals surface area (Å²) < 4.78 is 1.40. The predicted octanol–water partition coefficient (Wildman–Crippen LogP) is 3.59. The first-order chi connectivity index (χ1) is 5.78. The van der Waals surface area contributed by atoms with Gasteiger partial charge in [0.15, 0.2) is 0 Å². The largest absolute Gasteiger partial charge is 0.137 e. The fourth-order valence-electron chi connectivity index (χ4n) is 3.45. The van der Waals surface area contributed by atoms with Gasteiger partial charge < -0.3 is 0 Å². The third-order valence-electron chi connectivity index (χ3n) is 3.69. The van der Waals surface area contributed by atoms with E-state index in [2.05, 4.69) is 29.4 Å². The van der Waals surface area contributed by atoms with Crippen molar-refractivity contribution in [2.24, 2.45) is 17.8 Å². The first-order valence-electron chi connectivity index (χ1n) is 5.34. The zero-order valence-electron chi connectivity index (χ0n) is 7.93. The average Bonchev–Trinajstić information content (AvgIpc) is 2.02. The number of fused-ring (bicyclic) bond motifs is 2. The van der Waals surface area contributed by atoms with Crippen molar-refractivity contribution < 1.29 is 0 Å². The maximum Gasteiger partial charge on any atom is 0.137 e. The molecule has 0 N–H and O–H groups in total. The number of alkyl halides is 1. The Morgan fingerprint density at radius 2 is 1.75 bits per heavy atom. The number of rotatable bonds is 1. The van der Waals surface area contributed by atoms with Crippen molar-refractivity contribution in [2.45, 2.75) is 38.7 Å². The predicted molar refractivity (Wildman–Crippen MR) is 64.4 cm³/mol. The van der Waals surface area contributed by atoms with Gasteiger partial charge in [0.25, 0.3) is 0 Å². The molecule has 2 fully saturated rings. The van der Waals surface area contributed by atoms with E-state index in [1.807, 2.05) is 0 Å². The maximum absolute atomic E-state index is 2.57. The third-order valence-corrected chi connectivity index (χ3v) is 4.94. The van der Waals surface area contributed by atoms with Crippen LogP contribution in [-0.4, -0.2) is 11.1 Å². The van der Waals surface area contributed by atoms with Crippen LogP contribution < -0.4 is 0 Å². The van der Waals surface area contributed by atoms with Crippen LogP contribution in [0.15, 0.2) is 0 Å². The van der Waals surface area contributed by atoms with Crippen molar-refractivity contribution in [1.29, 1.82) is 0 Å². The second-order valence-corrected chi connectivity index (χ2v) is 5.92. The van der Waals surface area contributed by atoms with Gasteiger partial charge in [0.1, 0.15) is 6.71 Å². The number of halogens is 1. The monoisotopic (exact) mass is 276 g/mol. The van der Waals surface area contributed by atoms with Crippen LogP contribution in [0.2, 0.25) is 19.5 Å². The molecule has 2 atom stereocenters. The molecular weight excluding hydrogens is 258 g/mol. The molecule has 1 saturated heterocycles. The molecule has 0 radical (unpaired) electrons. The molecule has 1 aliphatic heterocycles. The number of hydrogen-bond acceptors (Lipinski definition) is 0. The summed E-state index contributed by atoms with van der Waals surface area (Å²) in [7, 11) is 0. The Kier molecular flexibility index (Phi) is 3.03. The summed E-state index contributed by atoms with van der Waals surface area (Å²) in [6, 6.07) is 0. The highest BCUT2D eigenvalue weighted by molar-refractivity contribution is 14.1. The first kappa shape index (κ1) is 9.35. The van der Waals surface area contributed by atoms with Crippen molar-refractivity contribution in [1.82, 2.24) is 0 Å². The van der Waals surface area contributed by atoms with Gasteiger partial charge in [0.2, 0.25) is 0 Å². The zero-order valence-corrected chi connectivity index (χ0v) is 10.1. The molecule has 0 spiro atoms. The minimum absolute atomic E-state index is 1.03. The summed E-state index contributed by atoms with van der Waals surface area (Å²) in [5.74, 6) is 3.28. The van der Waals surface area contributed by atoms with Gasteiger partial charge in [0, 0.05) is 4.43 Å². The molecule has 0 amide bonds. The van der Waals surface area contributed by atoms with E-state index in [1.165, 1.54) is 17.1 Å². The first-order valence-corrected chi connectivity index (χ1v) is 6.86. The van der Waals surface area contributed by atoms with Crippen LogP contribution in [0, 0.1) is 17.8 Å². The zero-order chi connectivity index (χ0) is 8.55. The van der Waals surface area contributed by atoms with Gasteiger partial charge in [-0.05, 0) is 37.0 Å². The molecule has 12 heavy (non-hydrogen) atoms. The Balaban J connectivity index is 1.96. The van der Waals surface area contributed by atoms with Crippen molar-refractivity contribution in [3.8, 4) is 0 Å². The van der Waals surface area contributed by atoms with Crippen LogP contribution in [0.1, 0.15) is 19.3 Å². The highest BCUT2D eigenvalue weighted by Gasteiger charge is 2.34. The van der Waals surface area contributed by atoms with Crippen LogP contribution in [0.25, 0.3) is 0 Å². The van der Waals surface area contributed by atoms with Crippen molar-refractivity contribution in [3.63, 3.8) is 0 Å². The lowest BCUT2D eigenvalue weighted by Crippen LogP contribution is -2.33. The molecule has 0 aromatic carbocycles. The van der Waals surface area contributed by atoms with Gasteiger partial charge in [0.05, 0.1) is 0 Å². The summed E-state index contributed by atoms with van der Waals surface area (Å²) in [5, 5.41) is 0. The van der Waals surface area contributed by atoms with E-state index in [0.717, 1.165) is 24.5 Å². The normalized spacial score (nSPS) is 41.5. The van der Waals surface area contributed by atoms with E-state index >= 15 is 0 Å². The summed E-state index contributed by atoms with van der Waals surface area (Å²) in [6.07, 6.45) is 7.72. The Morgan fingerprint density at radius 1 is 1.17 bits per heavy atom. The van der Waals surface area contributed by atoms with Gasteiger partial charge in [-0.15, -0.1) is 0 Å². The fourth-order valence-corrected chi connectivity index (χ4v) is 4.17. The SMILES string of the molecule is CB1CC2CC(CI)CC(C1)C2.